The number of anilines is 1. The van der Waals surface area contributed by atoms with Crippen LogP contribution in [0.5, 0.6) is 0 Å². The highest BCUT2D eigenvalue weighted by molar-refractivity contribution is 5.92. The maximum absolute atomic E-state index is 13.2. The molecule has 1 amide bonds. The molecule has 1 heterocycles. The third kappa shape index (κ3) is 5.87. The third-order valence-corrected chi connectivity index (χ3v) is 4.83. The van der Waals surface area contributed by atoms with E-state index in [1.54, 1.807) is 0 Å². The summed E-state index contributed by atoms with van der Waals surface area (Å²) in [4.78, 5) is 14.5. The van der Waals surface area contributed by atoms with E-state index in [0.29, 0.717) is 5.56 Å². The van der Waals surface area contributed by atoms with Crippen molar-refractivity contribution in [2.75, 3.05) is 18.0 Å². The summed E-state index contributed by atoms with van der Waals surface area (Å²) >= 11 is 0. The molecule has 1 N–H and O–H groups in total. The zero-order chi connectivity index (χ0) is 21.0. The highest BCUT2D eigenvalue weighted by Crippen LogP contribution is 2.24. The van der Waals surface area contributed by atoms with Crippen LogP contribution in [-0.4, -0.2) is 31.2 Å². The molecule has 4 nitrogen and oxygen atoms in total. The summed E-state index contributed by atoms with van der Waals surface area (Å²) in [6, 6.07) is 11.0. The topological polar surface area (TPSA) is 41.6 Å². The zero-order valence-corrected chi connectivity index (χ0v) is 16.9. The van der Waals surface area contributed by atoms with Gasteiger partial charge in [-0.15, -0.1) is 0 Å². The van der Waals surface area contributed by atoms with Gasteiger partial charge in [0.25, 0.3) is 0 Å². The van der Waals surface area contributed by atoms with E-state index in [4.69, 9.17) is 4.74 Å². The van der Waals surface area contributed by atoms with Crippen molar-refractivity contribution in [3.63, 3.8) is 0 Å². The molecular formula is C23H26F2N2O2. The Balaban J connectivity index is 1.65. The fourth-order valence-corrected chi connectivity index (χ4v) is 3.57. The van der Waals surface area contributed by atoms with Crippen molar-refractivity contribution in [2.24, 2.45) is 0 Å². The Morgan fingerprint density at radius 2 is 1.79 bits per heavy atom. The molecule has 0 aliphatic carbocycles. The van der Waals surface area contributed by atoms with Gasteiger partial charge in [-0.3, -0.25) is 4.79 Å². The molecule has 0 saturated carbocycles. The predicted octanol–water partition coefficient (Wildman–Crippen LogP) is 4.47. The van der Waals surface area contributed by atoms with Gasteiger partial charge >= 0.3 is 0 Å². The van der Waals surface area contributed by atoms with Gasteiger partial charge in [0.2, 0.25) is 5.91 Å². The number of morpholine rings is 1. The second-order valence-corrected chi connectivity index (χ2v) is 7.52. The van der Waals surface area contributed by atoms with Crippen LogP contribution in [0.1, 0.15) is 37.9 Å². The van der Waals surface area contributed by atoms with Gasteiger partial charge in [0.05, 0.1) is 18.2 Å². The number of carbonyl (C=O) groups is 1. The van der Waals surface area contributed by atoms with Crippen LogP contribution >= 0.6 is 0 Å². The number of nitrogens with one attached hydrogen (secondary N) is 1. The van der Waals surface area contributed by atoms with Crippen molar-refractivity contribution >= 4 is 17.7 Å². The van der Waals surface area contributed by atoms with Gasteiger partial charge in [0, 0.05) is 30.9 Å². The van der Waals surface area contributed by atoms with Crippen molar-refractivity contribution in [3.05, 3.63) is 71.3 Å². The fraction of sp³-hybridized carbons (Fsp3) is 0.348. The second kappa shape index (κ2) is 9.18. The van der Waals surface area contributed by atoms with Gasteiger partial charge in [-0.1, -0.05) is 12.1 Å². The van der Waals surface area contributed by atoms with Gasteiger partial charge < -0.3 is 15.0 Å². The van der Waals surface area contributed by atoms with E-state index in [1.807, 2.05) is 19.1 Å². The first kappa shape index (κ1) is 21.0. The monoisotopic (exact) mass is 400 g/mol. The van der Waals surface area contributed by atoms with E-state index in [9.17, 15) is 13.6 Å². The number of nitrogens with zero attached hydrogens (tertiary/aromatic N) is 1. The van der Waals surface area contributed by atoms with Gasteiger partial charge in [-0.25, -0.2) is 8.78 Å². The molecule has 0 radical (unpaired) electrons. The lowest BCUT2D eigenvalue weighted by atomic mass is 10.1. The van der Waals surface area contributed by atoms with Gasteiger partial charge in [-0.2, -0.15) is 0 Å². The number of amides is 1. The van der Waals surface area contributed by atoms with E-state index in [0.717, 1.165) is 30.4 Å². The molecule has 3 rings (SSSR count). The Morgan fingerprint density at radius 1 is 1.14 bits per heavy atom. The Kier molecular flexibility index (Phi) is 6.64. The largest absolute Gasteiger partial charge is 0.372 e. The van der Waals surface area contributed by atoms with Crippen molar-refractivity contribution in [1.82, 2.24) is 5.32 Å². The van der Waals surface area contributed by atoms with Crippen LogP contribution in [0.2, 0.25) is 0 Å². The lowest BCUT2D eigenvalue weighted by molar-refractivity contribution is -0.117. The molecule has 3 atom stereocenters. The Labute approximate surface area is 170 Å². The molecule has 2 aromatic rings. The zero-order valence-electron chi connectivity index (χ0n) is 16.9. The Hall–Kier alpha value is -2.73. The maximum atomic E-state index is 13.2. The molecule has 0 bridgehead atoms. The van der Waals surface area contributed by atoms with Crippen LogP contribution in [0.3, 0.4) is 0 Å². The first-order valence-electron chi connectivity index (χ1n) is 9.75. The first-order valence-corrected chi connectivity index (χ1v) is 9.75. The molecule has 1 fully saturated rings. The summed E-state index contributed by atoms with van der Waals surface area (Å²) < 4.78 is 32.3. The fourth-order valence-electron chi connectivity index (χ4n) is 3.57. The number of benzene rings is 2. The molecule has 1 aliphatic rings. The number of hydrogen-bond acceptors (Lipinski definition) is 3. The smallest absolute Gasteiger partial charge is 0.244 e. The summed E-state index contributed by atoms with van der Waals surface area (Å²) in [7, 11) is 0. The van der Waals surface area contributed by atoms with Gasteiger partial charge in [-0.05, 0) is 62.2 Å². The standard InChI is InChI=1S/C23H26F2N2O2/c1-15-13-27(14-16(2)29-15)22-6-4-5-19(11-22)17(3)26-23(28)8-7-18-9-20(24)12-21(25)10-18/h4-12,15-17H,13-14H2,1-3H3,(H,26,28). The van der Waals surface area contributed by atoms with Crippen molar-refractivity contribution in [3.8, 4) is 0 Å². The molecular weight excluding hydrogens is 374 g/mol. The molecule has 0 spiro atoms. The van der Waals surface area contributed by atoms with Crippen LogP contribution in [0, 0.1) is 11.6 Å². The molecule has 1 aliphatic heterocycles. The van der Waals surface area contributed by atoms with Crippen LogP contribution < -0.4 is 10.2 Å². The minimum atomic E-state index is -0.679. The molecule has 3 unspecified atom stereocenters. The summed E-state index contributed by atoms with van der Waals surface area (Å²) in [5, 5.41) is 2.89. The van der Waals surface area contributed by atoms with Gasteiger partial charge in [0.1, 0.15) is 11.6 Å². The van der Waals surface area contributed by atoms with Crippen molar-refractivity contribution in [2.45, 2.75) is 39.0 Å². The Bertz CT molecular complexity index is 870. The summed E-state index contributed by atoms with van der Waals surface area (Å²) in [6.45, 7) is 7.67. The van der Waals surface area contributed by atoms with E-state index >= 15 is 0 Å². The van der Waals surface area contributed by atoms with Gasteiger partial charge in [0.15, 0.2) is 0 Å². The average Bonchev–Trinajstić information content (AvgIpc) is 2.65. The first-order chi connectivity index (χ1) is 13.8. The number of ether oxygens (including phenoxy) is 1. The van der Waals surface area contributed by atoms with E-state index in [1.165, 1.54) is 24.3 Å². The van der Waals surface area contributed by atoms with Crippen molar-refractivity contribution in [1.29, 1.82) is 0 Å². The lowest BCUT2D eigenvalue weighted by Gasteiger charge is -2.37. The third-order valence-electron chi connectivity index (χ3n) is 4.83. The number of carbonyl (C=O) groups excluding carboxylic acids is 1. The quantitative estimate of drug-likeness (QED) is 0.753. The second-order valence-electron chi connectivity index (χ2n) is 7.52. The SMILES string of the molecule is CC1CN(c2cccc(C(C)NC(=O)C=Cc3cc(F)cc(F)c3)c2)CC(C)O1. The summed E-state index contributed by atoms with van der Waals surface area (Å²) in [6.07, 6.45) is 3.00. The van der Waals surface area contributed by atoms with Crippen LogP contribution in [-0.2, 0) is 9.53 Å². The average molecular weight is 400 g/mol. The van der Waals surface area contributed by atoms with E-state index in [-0.39, 0.29) is 24.2 Å². The molecule has 1 saturated heterocycles. The number of rotatable bonds is 5. The minimum Gasteiger partial charge on any atom is -0.372 e. The molecule has 29 heavy (non-hydrogen) atoms. The van der Waals surface area contributed by atoms with Crippen LogP contribution in [0.15, 0.2) is 48.5 Å². The summed E-state index contributed by atoms with van der Waals surface area (Å²) in [5.74, 6) is -1.69. The van der Waals surface area contributed by atoms with E-state index in [2.05, 4.69) is 36.2 Å². The molecule has 6 heteroatoms. The maximum Gasteiger partial charge on any atom is 0.244 e. The summed E-state index contributed by atoms with van der Waals surface area (Å²) in [5.41, 5.74) is 2.37. The molecule has 2 aromatic carbocycles. The highest BCUT2D eigenvalue weighted by Gasteiger charge is 2.22. The number of halogens is 2. The van der Waals surface area contributed by atoms with Crippen LogP contribution in [0.4, 0.5) is 14.5 Å². The Morgan fingerprint density at radius 3 is 2.45 bits per heavy atom. The molecule has 0 aromatic heterocycles. The van der Waals surface area contributed by atoms with Crippen LogP contribution in [0.25, 0.3) is 6.08 Å². The number of hydrogen-bond donors (Lipinski definition) is 1. The van der Waals surface area contributed by atoms with Crippen molar-refractivity contribution < 1.29 is 18.3 Å². The minimum absolute atomic E-state index is 0.164. The lowest BCUT2D eigenvalue weighted by Crippen LogP contribution is -2.45. The highest BCUT2D eigenvalue weighted by atomic mass is 19.1. The molecule has 154 valence electrons. The normalized spacial score (nSPS) is 20.7. The predicted molar refractivity (Wildman–Crippen MR) is 111 cm³/mol. The van der Waals surface area contributed by atoms with E-state index < -0.39 is 11.6 Å².